The predicted molar refractivity (Wildman–Crippen MR) is 113 cm³/mol. The van der Waals surface area contributed by atoms with E-state index in [9.17, 15) is 4.79 Å². The Bertz CT molecular complexity index is 943. The lowest BCUT2D eigenvalue weighted by molar-refractivity contribution is 0.0472. The fourth-order valence-electron chi connectivity index (χ4n) is 2.70. The number of benzene rings is 2. The first-order valence-corrected chi connectivity index (χ1v) is 9.39. The van der Waals surface area contributed by atoms with Gasteiger partial charge in [-0.05, 0) is 35.4 Å². The van der Waals surface area contributed by atoms with Gasteiger partial charge in [0.25, 0.3) is 0 Å². The number of pyridine rings is 1. The van der Waals surface area contributed by atoms with E-state index in [-0.39, 0.29) is 12.6 Å². The summed E-state index contributed by atoms with van der Waals surface area (Å²) in [5.41, 5.74) is 3.37. The zero-order valence-corrected chi connectivity index (χ0v) is 16.3. The topological polar surface area (TPSA) is 75.6 Å². The molecule has 0 atom stereocenters. The van der Waals surface area contributed by atoms with E-state index < -0.39 is 0 Å². The number of rotatable bonds is 7. The maximum atomic E-state index is 12.3. The van der Waals surface area contributed by atoms with Gasteiger partial charge < -0.3 is 15.4 Å². The smallest absolute Gasteiger partial charge is 0.338 e. The Kier molecular flexibility index (Phi) is 7.34. The number of guanidine groups is 1. The first kappa shape index (κ1) is 20.1. The second-order valence-electron chi connectivity index (χ2n) is 6.36. The van der Waals surface area contributed by atoms with Crippen LogP contribution in [-0.4, -0.2) is 24.0 Å². The molecular weight excluding hydrogens is 364 g/mol. The molecule has 6 nitrogen and oxygen atoms in total. The van der Waals surface area contributed by atoms with Gasteiger partial charge in [0.05, 0.1) is 17.8 Å². The molecule has 0 radical (unpaired) electrons. The van der Waals surface area contributed by atoms with Crippen LogP contribution in [0.5, 0.6) is 0 Å². The van der Waals surface area contributed by atoms with E-state index >= 15 is 0 Å². The highest BCUT2D eigenvalue weighted by molar-refractivity contribution is 5.89. The van der Waals surface area contributed by atoms with Crippen molar-refractivity contribution in [2.45, 2.75) is 19.7 Å². The summed E-state index contributed by atoms with van der Waals surface area (Å²) in [4.78, 5) is 20.8. The van der Waals surface area contributed by atoms with Gasteiger partial charge in [-0.1, -0.05) is 48.5 Å². The molecule has 148 valence electrons. The Balaban J connectivity index is 1.51. The SMILES string of the molecule is CN=C(NCc1cccc(C(=O)OCc2ccccc2)c1)NCc1ccccn1. The predicted octanol–water partition coefficient (Wildman–Crippen LogP) is 3.30. The van der Waals surface area contributed by atoms with Gasteiger partial charge in [0.1, 0.15) is 6.61 Å². The van der Waals surface area contributed by atoms with Gasteiger partial charge in [-0.3, -0.25) is 9.98 Å². The zero-order valence-electron chi connectivity index (χ0n) is 16.3. The van der Waals surface area contributed by atoms with E-state index in [1.54, 1.807) is 19.3 Å². The van der Waals surface area contributed by atoms with Crippen molar-refractivity contribution in [3.63, 3.8) is 0 Å². The molecule has 0 unspecified atom stereocenters. The monoisotopic (exact) mass is 388 g/mol. The molecule has 0 aliphatic heterocycles. The van der Waals surface area contributed by atoms with Crippen LogP contribution in [0.3, 0.4) is 0 Å². The molecule has 1 heterocycles. The highest BCUT2D eigenvalue weighted by atomic mass is 16.5. The van der Waals surface area contributed by atoms with Crippen molar-refractivity contribution < 1.29 is 9.53 Å². The van der Waals surface area contributed by atoms with E-state index in [1.807, 2.05) is 66.7 Å². The minimum absolute atomic E-state index is 0.256. The van der Waals surface area contributed by atoms with Crippen LogP contribution in [0.4, 0.5) is 0 Å². The van der Waals surface area contributed by atoms with E-state index in [1.165, 1.54) is 0 Å². The number of hydrogen-bond donors (Lipinski definition) is 2. The molecule has 0 bridgehead atoms. The van der Waals surface area contributed by atoms with Crippen LogP contribution in [-0.2, 0) is 24.4 Å². The fraction of sp³-hybridized carbons (Fsp3) is 0.174. The lowest BCUT2D eigenvalue weighted by Gasteiger charge is -2.12. The van der Waals surface area contributed by atoms with Crippen molar-refractivity contribution in [3.8, 4) is 0 Å². The molecule has 0 aliphatic rings. The number of esters is 1. The van der Waals surface area contributed by atoms with E-state index in [0.29, 0.717) is 24.6 Å². The van der Waals surface area contributed by atoms with Crippen LogP contribution in [0.2, 0.25) is 0 Å². The van der Waals surface area contributed by atoms with Crippen molar-refractivity contribution >= 4 is 11.9 Å². The van der Waals surface area contributed by atoms with Crippen LogP contribution in [0, 0.1) is 0 Å². The van der Waals surface area contributed by atoms with Crippen molar-refractivity contribution in [2.24, 2.45) is 4.99 Å². The molecule has 0 fully saturated rings. The van der Waals surface area contributed by atoms with Gasteiger partial charge in [-0.25, -0.2) is 4.79 Å². The van der Waals surface area contributed by atoms with Gasteiger partial charge >= 0.3 is 5.97 Å². The summed E-state index contributed by atoms with van der Waals surface area (Å²) in [7, 11) is 1.71. The number of carbonyl (C=O) groups excluding carboxylic acids is 1. The molecule has 0 spiro atoms. The zero-order chi connectivity index (χ0) is 20.3. The first-order chi connectivity index (χ1) is 14.2. The molecule has 6 heteroatoms. The molecule has 3 aromatic rings. The molecule has 3 rings (SSSR count). The lowest BCUT2D eigenvalue weighted by Crippen LogP contribution is -2.36. The molecule has 2 N–H and O–H groups in total. The number of aliphatic imine (C=N–C) groups is 1. The Morgan fingerprint density at radius 3 is 2.45 bits per heavy atom. The highest BCUT2D eigenvalue weighted by Crippen LogP contribution is 2.09. The second kappa shape index (κ2) is 10.6. The van der Waals surface area contributed by atoms with Gasteiger partial charge in [-0.15, -0.1) is 0 Å². The average Bonchev–Trinajstić information content (AvgIpc) is 2.79. The van der Waals surface area contributed by atoms with E-state index in [4.69, 9.17) is 4.74 Å². The summed E-state index contributed by atoms with van der Waals surface area (Å²) < 4.78 is 5.40. The number of ether oxygens (including phenoxy) is 1. The molecule has 2 aromatic carbocycles. The van der Waals surface area contributed by atoms with Crippen LogP contribution in [0.15, 0.2) is 84.0 Å². The minimum atomic E-state index is -0.339. The first-order valence-electron chi connectivity index (χ1n) is 9.39. The maximum absolute atomic E-state index is 12.3. The van der Waals surface area contributed by atoms with Crippen LogP contribution in [0.25, 0.3) is 0 Å². The third-order valence-corrected chi connectivity index (χ3v) is 4.22. The molecule has 0 aliphatic carbocycles. The van der Waals surface area contributed by atoms with Crippen molar-refractivity contribution in [2.75, 3.05) is 7.05 Å². The largest absolute Gasteiger partial charge is 0.457 e. The Labute approximate surface area is 170 Å². The van der Waals surface area contributed by atoms with E-state index in [2.05, 4.69) is 20.6 Å². The molecule has 0 saturated heterocycles. The maximum Gasteiger partial charge on any atom is 0.338 e. The van der Waals surface area contributed by atoms with Gasteiger partial charge in [-0.2, -0.15) is 0 Å². The summed E-state index contributed by atoms with van der Waals surface area (Å²) in [6.07, 6.45) is 1.76. The summed E-state index contributed by atoms with van der Waals surface area (Å²) >= 11 is 0. The van der Waals surface area contributed by atoms with E-state index in [0.717, 1.165) is 16.8 Å². The van der Waals surface area contributed by atoms with Gasteiger partial charge in [0.2, 0.25) is 0 Å². The second-order valence-corrected chi connectivity index (χ2v) is 6.36. The van der Waals surface area contributed by atoms with Gasteiger partial charge in [0.15, 0.2) is 5.96 Å². The third-order valence-electron chi connectivity index (χ3n) is 4.22. The Hall–Kier alpha value is -3.67. The molecule has 0 amide bonds. The third kappa shape index (κ3) is 6.46. The number of hydrogen-bond acceptors (Lipinski definition) is 4. The fourth-order valence-corrected chi connectivity index (χ4v) is 2.70. The minimum Gasteiger partial charge on any atom is -0.457 e. The van der Waals surface area contributed by atoms with Crippen LogP contribution < -0.4 is 10.6 Å². The highest BCUT2D eigenvalue weighted by Gasteiger charge is 2.08. The normalized spacial score (nSPS) is 11.0. The molecule has 1 aromatic heterocycles. The summed E-state index contributed by atoms with van der Waals surface area (Å²) in [5, 5.41) is 6.46. The van der Waals surface area contributed by atoms with Crippen LogP contribution in [0.1, 0.15) is 27.2 Å². The number of nitrogens with one attached hydrogen (secondary N) is 2. The molecule has 29 heavy (non-hydrogen) atoms. The van der Waals surface area contributed by atoms with Crippen LogP contribution >= 0.6 is 0 Å². The lowest BCUT2D eigenvalue weighted by atomic mass is 10.1. The Morgan fingerprint density at radius 1 is 0.931 bits per heavy atom. The molecule has 0 saturated carbocycles. The standard InChI is InChI=1S/C23H24N4O2/c1-24-23(27-16-21-12-5-6-13-25-21)26-15-19-10-7-11-20(14-19)22(28)29-17-18-8-3-2-4-9-18/h2-14H,15-17H2,1H3,(H2,24,26,27). The Morgan fingerprint density at radius 2 is 1.69 bits per heavy atom. The quantitative estimate of drug-likeness (QED) is 0.369. The number of nitrogens with zero attached hydrogens (tertiary/aromatic N) is 2. The summed E-state index contributed by atoms with van der Waals surface area (Å²) in [6.45, 7) is 1.36. The average molecular weight is 388 g/mol. The van der Waals surface area contributed by atoms with Gasteiger partial charge in [0, 0.05) is 19.8 Å². The summed E-state index contributed by atoms with van der Waals surface area (Å²) in [5.74, 6) is 0.320. The molecular formula is C23H24N4O2. The number of carbonyl (C=O) groups is 1. The van der Waals surface area contributed by atoms with Crippen molar-refractivity contribution in [1.29, 1.82) is 0 Å². The van der Waals surface area contributed by atoms with Crippen molar-refractivity contribution in [1.82, 2.24) is 15.6 Å². The van der Waals surface area contributed by atoms with Crippen molar-refractivity contribution in [3.05, 3.63) is 101 Å². The summed E-state index contributed by atoms with van der Waals surface area (Å²) in [6, 6.07) is 22.8. The number of aromatic nitrogens is 1.